The summed E-state index contributed by atoms with van der Waals surface area (Å²) in [7, 11) is 0. The Hall–Kier alpha value is -2.77. The maximum absolute atomic E-state index is 12.9. The number of nitrogens with two attached hydrogens (primary N) is 1. The fraction of sp³-hybridized carbons (Fsp3) is 0.440. The van der Waals surface area contributed by atoms with E-state index in [0.29, 0.717) is 24.8 Å². The molecule has 0 aromatic heterocycles. The van der Waals surface area contributed by atoms with E-state index in [1.165, 1.54) is 25.7 Å². The highest BCUT2D eigenvalue weighted by molar-refractivity contribution is 5.95. The molecule has 0 spiro atoms. The zero-order valence-electron chi connectivity index (χ0n) is 19.4. The SMILES string of the molecule is CCOC(=O)C(Nc1ccc(C(=N)N)cc1)c1cc(CNC2CCCC2)cc(OCC)c1.Cl. The summed E-state index contributed by atoms with van der Waals surface area (Å²) in [5, 5.41) is 14.5. The van der Waals surface area contributed by atoms with Crippen molar-refractivity contribution in [3.05, 3.63) is 59.2 Å². The van der Waals surface area contributed by atoms with Crippen LogP contribution in [0.3, 0.4) is 0 Å². The number of nitrogens with one attached hydrogen (secondary N) is 3. The average molecular weight is 475 g/mol. The Balaban J connectivity index is 0.00000385. The van der Waals surface area contributed by atoms with E-state index in [1.54, 1.807) is 31.2 Å². The first-order chi connectivity index (χ1) is 15.5. The third-order valence-corrected chi connectivity index (χ3v) is 5.61. The van der Waals surface area contributed by atoms with Crippen LogP contribution in [0.2, 0.25) is 0 Å². The normalized spacial score (nSPS) is 14.2. The standard InChI is InChI=1S/C25H34N4O3.ClH/c1-3-31-22-14-17(16-28-20-7-5-6-8-20)13-19(15-22)23(25(30)32-4-2)29-21-11-9-18(10-12-21)24(26)27;/h9-15,20,23,28-29H,3-8,16H2,1-2H3,(H3,26,27);1H. The number of amidine groups is 1. The van der Waals surface area contributed by atoms with Crippen molar-refractivity contribution in [2.75, 3.05) is 18.5 Å². The molecule has 33 heavy (non-hydrogen) atoms. The van der Waals surface area contributed by atoms with Gasteiger partial charge in [-0.3, -0.25) is 5.41 Å². The third kappa shape index (κ3) is 7.65. The smallest absolute Gasteiger partial charge is 0.333 e. The van der Waals surface area contributed by atoms with E-state index >= 15 is 0 Å². The van der Waals surface area contributed by atoms with Gasteiger partial charge in [0.15, 0.2) is 6.04 Å². The van der Waals surface area contributed by atoms with Gasteiger partial charge in [0.25, 0.3) is 0 Å². The molecule has 1 saturated carbocycles. The predicted molar refractivity (Wildman–Crippen MR) is 134 cm³/mol. The zero-order chi connectivity index (χ0) is 22.9. The third-order valence-electron chi connectivity index (χ3n) is 5.61. The van der Waals surface area contributed by atoms with Crippen molar-refractivity contribution in [3.8, 4) is 5.75 Å². The fourth-order valence-corrected chi connectivity index (χ4v) is 4.01. The van der Waals surface area contributed by atoms with Crippen molar-refractivity contribution >= 4 is 29.9 Å². The number of carbonyl (C=O) groups excluding carboxylic acids is 1. The van der Waals surface area contributed by atoms with Crippen LogP contribution in [0.4, 0.5) is 5.69 Å². The highest BCUT2D eigenvalue weighted by atomic mass is 35.5. The fourth-order valence-electron chi connectivity index (χ4n) is 4.01. The van der Waals surface area contributed by atoms with Gasteiger partial charge in [-0.05, 0) is 74.2 Å². The molecule has 1 atom stereocenters. The Morgan fingerprint density at radius 1 is 1.12 bits per heavy atom. The monoisotopic (exact) mass is 474 g/mol. The predicted octanol–water partition coefficient (Wildman–Crippen LogP) is 4.54. The van der Waals surface area contributed by atoms with E-state index in [4.69, 9.17) is 20.6 Å². The maximum atomic E-state index is 12.9. The molecular weight excluding hydrogens is 440 g/mol. The first-order valence-electron chi connectivity index (χ1n) is 11.4. The van der Waals surface area contributed by atoms with E-state index in [1.807, 2.05) is 25.1 Å². The topological polar surface area (TPSA) is 109 Å². The van der Waals surface area contributed by atoms with Gasteiger partial charge in [-0.1, -0.05) is 18.9 Å². The van der Waals surface area contributed by atoms with Crippen LogP contribution in [0.5, 0.6) is 5.75 Å². The van der Waals surface area contributed by atoms with Crippen LogP contribution in [0.15, 0.2) is 42.5 Å². The Morgan fingerprint density at radius 3 is 2.42 bits per heavy atom. The molecule has 7 nitrogen and oxygen atoms in total. The molecule has 2 aromatic rings. The van der Waals surface area contributed by atoms with Crippen molar-refractivity contribution in [1.82, 2.24) is 5.32 Å². The van der Waals surface area contributed by atoms with Crippen LogP contribution in [-0.4, -0.2) is 31.1 Å². The first kappa shape index (κ1) is 26.5. The molecule has 5 N–H and O–H groups in total. The molecule has 1 aliphatic rings. The second kappa shape index (κ2) is 13.1. The molecule has 1 unspecified atom stereocenters. The van der Waals surface area contributed by atoms with Gasteiger partial charge in [-0.25, -0.2) is 4.79 Å². The second-order valence-electron chi connectivity index (χ2n) is 8.03. The van der Waals surface area contributed by atoms with Crippen molar-refractivity contribution < 1.29 is 14.3 Å². The van der Waals surface area contributed by atoms with Crippen LogP contribution < -0.4 is 21.1 Å². The molecule has 8 heteroatoms. The van der Waals surface area contributed by atoms with Gasteiger partial charge < -0.3 is 25.8 Å². The summed E-state index contributed by atoms with van der Waals surface area (Å²) in [6.45, 7) is 5.30. The molecular formula is C25H35ClN4O3. The van der Waals surface area contributed by atoms with Crippen LogP contribution >= 0.6 is 12.4 Å². The van der Waals surface area contributed by atoms with Gasteiger partial charge in [-0.2, -0.15) is 0 Å². The first-order valence-corrected chi connectivity index (χ1v) is 11.4. The largest absolute Gasteiger partial charge is 0.494 e. The number of rotatable bonds is 11. The molecule has 0 aliphatic heterocycles. The van der Waals surface area contributed by atoms with Crippen molar-refractivity contribution in [3.63, 3.8) is 0 Å². The lowest BCUT2D eigenvalue weighted by Gasteiger charge is -2.21. The Kier molecular flexibility index (Phi) is 10.5. The minimum absolute atomic E-state index is 0. The molecule has 0 radical (unpaired) electrons. The van der Waals surface area contributed by atoms with Crippen molar-refractivity contribution in [2.24, 2.45) is 5.73 Å². The molecule has 0 heterocycles. The van der Waals surface area contributed by atoms with Gasteiger partial charge in [0.2, 0.25) is 0 Å². The summed E-state index contributed by atoms with van der Waals surface area (Å²) in [6.07, 6.45) is 4.97. The van der Waals surface area contributed by atoms with Crippen LogP contribution in [0.25, 0.3) is 0 Å². The second-order valence-corrected chi connectivity index (χ2v) is 8.03. The number of anilines is 1. The van der Waals surface area contributed by atoms with Gasteiger partial charge in [0, 0.05) is 23.8 Å². The van der Waals surface area contributed by atoms with E-state index in [9.17, 15) is 4.79 Å². The Bertz CT molecular complexity index is 914. The van der Waals surface area contributed by atoms with Crippen LogP contribution in [-0.2, 0) is 16.1 Å². The molecule has 0 saturated heterocycles. The highest BCUT2D eigenvalue weighted by Gasteiger charge is 2.24. The molecule has 3 rings (SSSR count). The summed E-state index contributed by atoms with van der Waals surface area (Å²) in [4.78, 5) is 12.9. The quantitative estimate of drug-likeness (QED) is 0.216. The van der Waals surface area contributed by atoms with Crippen molar-refractivity contribution in [2.45, 2.75) is 58.2 Å². The highest BCUT2D eigenvalue weighted by Crippen LogP contribution is 2.27. The average Bonchev–Trinajstić information content (AvgIpc) is 3.30. The van der Waals surface area contributed by atoms with Gasteiger partial charge in [-0.15, -0.1) is 12.4 Å². The number of benzene rings is 2. The molecule has 180 valence electrons. The maximum Gasteiger partial charge on any atom is 0.333 e. The Morgan fingerprint density at radius 2 is 1.82 bits per heavy atom. The number of ether oxygens (including phenoxy) is 2. The zero-order valence-corrected chi connectivity index (χ0v) is 20.2. The van der Waals surface area contributed by atoms with Crippen LogP contribution in [0.1, 0.15) is 62.3 Å². The molecule has 0 amide bonds. The Labute approximate surface area is 202 Å². The lowest BCUT2D eigenvalue weighted by atomic mass is 10.0. The minimum atomic E-state index is -0.691. The number of hydrogen-bond donors (Lipinski definition) is 4. The van der Waals surface area contributed by atoms with Gasteiger partial charge >= 0.3 is 5.97 Å². The molecule has 1 aliphatic carbocycles. The van der Waals surface area contributed by atoms with Crippen molar-refractivity contribution in [1.29, 1.82) is 5.41 Å². The number of nitrogen functional groups attached to an aromatic ring is 1. The van der Waals surface area contributed by atoms with E-state index < -0.39 is 6.04 Å². The number of carbonyl (C=O) groups is 1. The summed E-state index contributed by atoms with van der Waals surface area (Å²) >= 11 is 0. The molecule has 2 aromatic carbocycles. The summed E-state index contributed by atoms with van der Waals surface area (Å²) in [5.74, 6) is 0.380. The van der Waals surface area contributed by atoms with E-state index in [0.717, 1.165) is 29.1 Å². The lowest BCUT2D eigenvalue weighted by Crippen LogP contribution is -2.26. The molecule has 1 fully saturated rings. The van der Waals surface area contributed by atoms with Crippen LogP contribution in [0, 0.1) is 5.41 Å². The minimum Gasteiger partial charge on any atom is -0.494 e. The van der Waals surface area contributed by atoms with Gasteiger partial charge in [0.05, 0.1) is 13.2 Å². The molecule has 0 bridgehead atoms. The summed E-state index contributed by atoms with van der Waals surface area (Å²) in [5.41, 5.74) is 8.77. The van der Waals surface area contributed by atoms with E-state index in [-0.39, 0.29) is 24.2 Å². The summed E-state index contributed by atoms with van der Waals surface area (Å²) in [6, 6.07) is 12.9. The number of hydrogen-bond acceptors (Lipinski definition) is 6. The van der Waals surface area contributed by atoms with E-state index in [2.05, 4.69) is 10.6 Å². The van der Waals surface area contributed by atoms with Gasteiger partial charge in [0.1, 0.15) is 11.6 Å². The number of esters is 1. The summed E-state index contributed by atoms with van der Waals surface area (Å²) < 4.78 is 11.2. The lowest BCUT2D eigenvalue weighted by molar-refractivity contribution is -0.144. The number of halogens is 1.